The molecule has 1 N–H and O–H groups in total. The van der Waals surface area contributed by atoms with Gasteiger partial charge in [-0.3, -0.25) is 0 Å². The fourth-order valence-corrected chi connectivity index (χ4v) is 2.05. The molecule has 0 atom stereocenters. The summed E-state index contributed by atoms with van der Waals surface area (Å²) >= 11 is -0.270. The minimum atomic E-state index is -0.270. The zero-order valence-electron chi connectivity index (χ0n) is 9.91. The SMILES string of the molecule is CC.CCc1ccc(O[CH2][Po][CH3])cc1O. The quantitative estimate of drug-likeness (QED) is 0.835. The number of aromatic hydroxyl groups is 1. The fraction of sp³-hybridized carbons (Fsp3) is 0.500. The molecule has 0 heterocycles. The van der Waals surface area contributed by atoms with Crippen LogP contribution in [0.2, 0.25) is 4.58 Å². The summed E-state index contributed by atoms with van der Waals surface area (Å²) in [7, 11) is 0. The van der Waals surface area contributed by atoms with Crippen molar-refractivity contribution in [1.82, 2.24) is 0 Å². The van der Waals surface area contributed by atoms with Crippen molar-refractivity contribution >= 4 is 23.6 Å². The number of phenolic OH excluding ortho intramolecular Hbond substituents is 1. The first-order chi connectivity index (χ1) is 7.27. The van der Waals surface area contributed by atoms with Crippen molar-refractivity contribution in [2.75, 3.05) is 4.27 Å². The van der Waals surface area contributed by atoms with E-state index in [4.69, 9.17) is 4.74 Å². The van der Waals surface area contributed by atoms with Crippen molar-refractivity contribution in [2.24, 2.45) is 0 Å². The standard InChI is InChI=1S/C9H11O2.C2H6.CH3.Po/c1-3-7-4-5-8(11-2)6-9(7)10;1-2;;/h4-6,10H,2-3H2,1H3;1-2H3;1H3;. The fourth-order valence-electron chi connectivity index (χ4n) is 1.06. The average molecular weight is 405 g/mol. The summed E-state index contributed by atoms with van der Waals surface area (Å²) in [5, 5.41) is 9.52. The van der Waals surface area contributed by atoms with Crippen LogP contribution in [0.15, 0.2) is 18.2 Å². The predicted octanol–water partition coefficient (Wildman–Crippen LogP) is 3.07. The first-order valence-corrected chi connectivity index (χ1v) is 10.6. The van der Waals surface area contributed by atoms with Crippen LogP contribution in [0.4, 0.5) is 0 Å². The number of phenols is 1. The Morgan fingerprint density at radius 2 is 2.00 bits per heavy atom. The molecule has 1 rings (SSSR count). The summed E-state index contributed by atoms with van der Waals surface area (Å²) < 4.78 is 8.54. The molecule has 0 saturated heterocycles. The van der Waals surface area contributed by atoms with Gasteiger partial charge in [0.2, 0.25) is 0 Å². The number of benzene rings is 1. The van der Waals surface area contributed by atoms with Crippen LogP contribution in [-0.4, -0.2) is 32.9 Å². The van der Waals surface area contributed by atoms with E-state index >= 15 is 0 Å². The van der Waals surface area contributed by atoms with Crippen LogP contribution in [-0.2, 0) is 6.42 Å². The molecule has 0 unspecified atom stereocenters. The molecule has 0 spiro atoms. The van der Waals surface area contributed by atoms with Gasteiger partial charge in [-0.1, -0.05) is 13.8 Å². The Morgan fingerprint density at radius 1 is 1.33 bits per heavy atom. The van der Waals surface area contributed by atoms with Gasteiger partial charge in [0.15, 0.2) is 0 Å². The first-order valence-electron chi connectivity index (χ1n) is 5.21. The van der Waals surface area contributed by atoms with Crippen molar-refractivity contribution in [3.05, 3.63) is 23.8 Å². The summed E-state index contributed by atoms with van der Waals surface area (Å²) in [5.41, 5.74) is 0.976. The van der Waals surface area contributed by atoms with Crippen molar-refractivity contribution in [1.29, 1.82) is 0 Å². The Morgan fingerprint density at radius 3 is 2.47 bits per heavy atom. The van der Waals surface area contributed by atoms with Crippen LogP contribution in [0, 0.1) is 0 Å². The molecule has 0 fully saturated rings. The van der Waals surface area contributed by atoms with Gasteiger partial charge in [0, 0.05) is 0 Å². The zero-order chi connectivity index (χ0) is 11.7. The second kappa shape index (κ2) is 8.98. The minimum absolute atomic E-state index is 0.270. The molecule has 3 heteroatoms. The van der Waals surface area contributed by atoms with Crippen LogP contribution >= 0.6 is 0 Å². The first kappa shape index (κ1) is 14.7. The molecular formula is C12H20O2Po. The van der Waals surface area contributed by atoms with E-state index in [0.29, 0.717) is 5.75 Å². The summed E-state index contributed by atoms with van der Waals surface area (Å²) in [6.07, 6.45) is 0.858. The number of rotatable bonds is 4. The van der Waals surface area contributed by atoms with Crippen LogP contribution in [0.5, 0.6) is 11.5 Å². The molecule has 0 radical (unpaired) electrons. The molecule has 0 bridgehead atoms. The van der Waals surface area contributed by atoms with Crippen molar-refractivity contribution < 1.29 is 9.84 Å². The summed E-state index contributed by atoms with van der Waals surface area (Å²) in [6.45, 7) is 6.02. The van der Waals surface area contributed by atoms with Gasteiger partial charge in [-0.15, -0.1) is 0 Å². The topological polar surface area (TPSA) is 29.5 Å². The van der Waals surface area contributed by atoms with Gasteiger partial charge in [0.25, 0.3) is 0 Å². The molecule has 2 nitrogen and oxygen atoms in total. The van der Waals surface area contributed by atoms with Gasteiger partial charge < -0.3 is 0 Å². The average Bonchev–Trinajstić information content (AvgIpc) is 2.29. The number of hydrogen-bond donors (Lipinski definition) is 1. The van der Waals surface area contributed by atoms with Gasteiger partial charge in [0.1, 0.15) is 0 Å². The maximum absolute atomic E-state index is 9.52. The van der Waals surface area contributed by atoms with Crippen molar-refractivity contribution in [3.63, 3.8) is 0 Å². The Labute approximate surface area is 104 Å². The molecule has 0 saturated carbocycles. The molecule has 0 amide bonds. The number of ether oxygens (including phenoxy) is 1. The Bertz CT molecular complexity index is 274. The molecule has 86 valence electrons. The van der Waals surface area contributed by atoms with Gasteiger partial charge in [-0.2, -0.15) is 0 Å². The second-order valence-corrected chi connectivity index (χ2v) is 5.86. The molecule has 1 aromatic rings. The summed E-state index contributed by atoms with van der Waals surface area (Å²) in [6, 6.07) is 5.55. The van der Waals surface area contributed by atoms with Gasteiger partial charge in [-0.25, -0.2) is 0 Å². The van der Waals surface area contributed by atoms with Crippen LogP contribution in [0.1, 0.15) is 26.3 Å². The molecular weight excluding hydrogens is 385 g/mol. The molecule has 1 aromatic carbocycles. The molecule has 0 aliphatic rings. The van der Waals surface area contributed by atoms with E-state index in [0.717, 1.165) is 22.0 Å². The summed E-state index contributed by atoms with van der Waals surface area (Å²) in [5.74, 6) is 1.14. The molecule has 15 heavy (non-hydrogen) atoms. The van der Waals surface area contributed by atoms with E-state index in [1.165, 1.54) is 0 Å². The number of aryl methyl sites for hydroxylation is 1. The third-order valence-corrected chi connectivity index (χ3v) is 3.16. The van der Waals surface area contributed by atoms with Gasteiger partial charge in [0.05, 0.1) is 0 Å². The second-order valence-electron chi connectivity index (χ2n) is 2.69. The third-order valence-electron chi connectivity index (χ3n) is 1.78. The van der Waals surface area contributed by atoms with E-state index in [9.17, 15) is 5.11 Å². The van der Waals surface area contributed by atoms with Gasteiger partial charge >= 0.3 is 90.9 Å². The Hall–Kier alpha value is -0.284. The predicted molar refractivity (Wildman–Crippen MR) is 65.9 cm³/mol. The molecule has 0 aliphatic heterocycles. The maximum atomic E-state index is 9.52. The van der Waals surface area contributed by atoms with E-state index in [-0.39, 0.29) is 23.6 Å². The normalized spacial score (nSPS) is 9.07. The van der Waals surface area contributed by atoms with Crippen LogP contribution in [0.25, 0.3) is 0 Å². The van der Waals surface area contributed by atoms with Crippen LogP contribution < -0.4 is 4.74 Å². The zero-order valence-corrected chi connectivity index (χ0v) is 13.1. The van der Waals surface area contributed by atoms with Gasteiger partial charge in [-0.05, 0) is 0 Å². The summed E-state index contributed by atoms with van der Waals surface area (Å²) in [4.78, 5) is 0. The number of hydrogen-bond acceptors (Lipinski definition) is 2. The Balaban J connectivity index is 0.000000921. The van der Waals surface area contributed by atoms with Crippen molar-refractivity contribution in [2.45, 2.75) is 31.8 Å². The van der Waals surface area contributed by atoms with E-state index in [1.807, 2.05) is 32.9 Å². The van der Waals surface area contributed by atoms with E-state index in [2.05, 4.69) is 4.58 Å². The van der Waals surface area contributed by atoms with E-state index < -0.39 is 0 Å². The monoisotopic (exact) mass is 405 g/mol. The molecule has 0 aliphatic carbocycles. The van der Waals surface area contributed by atoms with Crippen LogP contribution in [0.3, 0.4) is 0 Å². The van der Waals surface area contributed by atoms with E-state index in [1.54, 1.807) is 6.07 Å². The molecule has 0 aromatic heterocycles. The van der Waals surface area contributed by atoms with Crippen molar-refractivity contribution in [3.8, 4) is 11.5 Å². The Kier molecular flexibility index (Phi) is 8.81. The third kappa shape index (κ3) is 5.37.